The Hall–Kier alpha value is -1.72. The molecule has 1 aromatic rings. The van der Waals surface area contributed by atoms with Gasteiger partial charge < -0.3 is 9.80 Å². The summed E-state index contributed by atoms with van der Waals surface area (Å²) < 4.78 is 12.9. The molecule has 0 N–H and O–H groups in total. The van der Waals surface area contributed by atoms with Crippen molar-refractivity contribution in [1.29, 1.82) is 0 Å². The Bertz CT molecular complexity index is 645. The number of carbonyl (C=O) groups is 1. The fraction of sp³-hybridized carbons (Fsp3) is 0.571. The van der Waals surface area contributed by atoms with Crippen LogP contribution < -0.4 is 0 Å². The third-order valence-corrected chi connectivity index (χ3v) is 5.60. The Morgan fingerprint density at radius 2 is 1.92 bits per heavy atom. The lowest BCUT2D eigenvalue weighted by molar-refractivity contribution is -0.140. The van der Waals surface area contributed by atoms with E-state index in [0.29, 0.717) is 5.91 Å². The van der Waals surface area contributed by atoms with Crippen molar-refractivity contribution in [2.24, 2.45) is 5.41 Å². The molecule has 2 fully saturated rings. The molecule has 0 radical (unpaired) electrons. The van der Waals surface area contributed by atoms with E-state index >= 15 is 0 Å². The Labute approximate surface area is 156 Å². The molecule has 2 aliphatic rings. The highest BCUT2D eigenvalue weighted by molar-refractivity contribution is 5.83. The molecule has 2 heterocycles. The maximum absolute atomic E-state index is 13.0. The average molecular weight is 359 g/mol. The minimum absolute atomic E-state index is 0.207. The van der Waals surface area contributed by atoms with Crippen molar-refractivity contribution in [3.63, 3.8) is 0 Å². The Balaban J connectivity index is 1.50. The van der Waals surface area contributed by atoms with Gasteiger partial charge in [-0.2, -0.15) is 0 Å². The number of carbonyl (C=O) groups excluding carboxylic acids is 1. The molecule has 2 saturated heterocycles. The van der Waals surface area contributed by atoms with E-state index in [1.54, 1.807) is 12.1 Å². The SMILES string of the molecule is CN1CCC(C)(C(=O)N2CCCN(CC=Cc3ccc(F)cc3)CC2)C1. The zero-order valence-electron chi connectivity index (χ0n) is 16.0. The smallest absolute Gasteiger partial charge is 0.229 e. The van der Waals surface area contributed by atoms with Gasteiger partial charge in [0.2, 0.25) is 5.91 Å². The van der Waals surface area contributed by atoms with Crippen molar-refractivity contribution in [3.05, 3.63) is 41.7 Å². The van der Waals surface area contributed by atoms with Crippen LogP contribution in [-0.2, 0) is 4.79 Å². The second-order valence-corrected chi connectivity index (χ2v) is 7.95. The number of amides is 1. The number of hydrogen-bond donors (Lipinski definition) is 0. The van der Waals surface area contributed by atoms with Crippen LogP contribution in [0.4, 0.5) is 4.39 Å². The highest BCUT2D eigenvalue weighted by Crippen LogP contribution is 2.31. The third-order valence-electron chi connectivity index (χ3n) is 5.60. The van der Waals surface area contributed by atoms with Crippen LogP contribution in [0.1, 0.15) is 25.3 Å². The molecule has 0 bridgehead atoms. The summed E-state index contributed by atoms with van der Waals surface area (Å²) in [4.78, 5) is 19.7. The van der Waals surface area contributed by atoms with Gasteiger partial charge in [0.15, 0.2) is 0 Å². The van der Waals surface area contributed by atoms with E-state index in [1.165, 1.54) is 12.1 Å². The normalized spacial score (nSPS) is 25.7. The first-order chi connectivity index (χ1) is 12.5. The molecule has 0 saturated carbocycles. The van der Waals surface area contributed by atoms with Gasteiger partial charge in [0.05, 0.1) is 5.41 Å². The molecule has 0 spiro atoms. The molecule has 1 amide bonds. The Morgan fingerprint density at radius 3 is 2.62 bits per heavy atom. The van der Waals surface area contributed by atoms with Crippen molar-refractivity contribution in [3.8, 4) is 0 Å². The van der Waals surface area contributed by atoms with Crippen LogP contribution >= 0.6 is 0 Å². The topological polar surface area (TPSA) is 26.8 Å². The first kappa shape index (κ1) is 19.1. The van der Waals surface area contributed by atoms with Gasteiger partial charge in [0, 0.05) is 39.3 Å². The van der Waals surface area contributed by atoms with E-state index in [4.69, 9.17) is 0 Å². The zero-order valence-corrected chi connectivity index (χ0v) is 16.0. The molecule has 0 aliphatic carbocycles. The summed E-state index contributed by atoms with van der Waals surface area (Å²) in [6, 6.07) is 6.54. The van der Waals surface area contributed by atoms with E-state index in [9.17, 15) is 9.18 Å². The van der Waals surface area contributed by atoms with E-state index in [-0.39, 0.29) is 11.2 Å². The summed E-state index contributed by atoms with van der Waals surface area (Å²) in [6.45, 7) is 8.44. The van der Waals surface area contributed by atoms with Crippen LogP contribution in [0.5, 0.6) is 0 Å². The lowest BCUT2D eigenvalue weighted by Crippen LogP contribution is -2.45. The van der Waals surface area contributed by atoms with Crippen LogP contribution in [0.2, 0.25) is 0 Å². The first-order valence-electron chi connectivity index (χ1n) is 9.59. The second-order valence-electron chi connectivity index (χ2n) is 7.95. The van der Waals surface area contributed by atoms with Crippen molar-refractivity contribution in [2.45, 2.75) is 19.8 Å². The lowest BCUT2D eigenvalue weighted by Gasteiger charge is -2.31. The van der Waals surface area contributed by atoms with Crippen molar-refractivity contribution in [1.82, 2.24) is 14.7 Å². The van der Waals surface area contributed by atoms with Gasteiger partial charge in [-0.05, 0) is 51.1 Å². The van der Waals surface area contributed by atoms with Crippen LogP contribution in [0, 0.1) is 11.2 Å². The maximum Gasteiger partial charge on any atom is 0.229 e. The predicted octanol–water partition coefficient (Wildman–Crippen LogP) is 2.72. The molecular weight excluding hydrogens is 329 g/mol. The number of benzene rings is 1. The van der Waals surface area contributed by atoms with Crippen molar-refractivity contribution in [2.75, 3.05) is 52.9 Å². The van der Waals surface area contributed by atoms with Gasteiger partial charge >= 0.3 is 0 Å². The minimum atomic E-state index is -0.216. The lowest BCUT2D eigenvalue weighted by atomic mass is 9.88. The number of likely N-dealkylation sites (tertiary alicyclic amines) is 1. The van der Waals surface area contributed by atoms with Crippen LogP contribution in [0.3, 0.4) is 0 Å². The molecule has 1 atom stereocenters. The molecule has 0 aromatic heterocycles. The van der Waals surface area contributed by atoms with E-state index in [1.807, 2.05) is 6.08 Å². The predicted molar refractivity (Wildman–Crippen MR) is 103 cm³/mol. The minimum Gasteiger partial charge on any atom is -0.341 e. The van der Waals surface area contributed by atoms with Gasteiger partial charge in [-0.25, -0.2) is 4.39 Å². The van der Waals surface area contributed by atoms with Crippen LogP contribution in [0.15, 0.2) is 30.3 Å². The van der Waals surface area contributed by atoms with E-state index in [0.717, 1.165) is 64.2 Å². The zero-order chi connectivity index (χ0) is 18.6. The molecule has 1 unspecified atom stereocenters. The number of rotatable bonds is 4. The fourth-order valence-corrected chi connectivity index (χ4v) is 4.02. The number of halogens is 1. The summed E-state index contributed by atoms with van der Waals surface area (Å²) in [7, 11) is 2.09. The largest absolute Gasteiger partial charge is 0.341 e. The van der Waals surface area contributed by atoms with E-state index < -0.39 is 0 Å². The van der Waals surface area contributed by atoms with Gasteiger partial charge in [-0.3, -0.25) is 9.69 Å². The average Bonchev–Trinajstić information content (AvgIpc) is 2.83. The maximum atomic E-state index is 13.0. The quantitative estimate of drug-likeness (QED) is 0.827. The van der Waals surface area contributed by atoms with Gasteiger partial charge in [0.25, 0.3) is 0 Å². The van der Waals surface area contributed by atoms with Crippen molar-refractivity contribution >= 4 is 12.0 Å². The highest BCUT2D eigenvalue weighted by Gasteiger charge is 2.41. The van der Waals surface area contributed by atoms with Crippen molar-refractivity contribution < 1.29 is 9.18 Å². The van der Waals surface area contributed by atoms with Crippen LogP contribution in [0.25, 0.3) is 6.08 Å². The monoisotopic (exact) mass is 359 g/mol. The fourth-order valence-electron chi connectivity index (χ4n) is 4.02. The Kier molecular flexibility index (Phi) is 6.09. The summed E-state index contributed by atoms with van der Waals surface area (Å²) in [6.07, 6.45) is 6.13. The molecule has 4 nitrogen and oxygen atoms in total. The summed E-state index contributed by atoms with van der Waals surface area (Å²) in [5.41, 5.74) is 0.795. The molecule has 5 heteroatoms. The number of hydrogen-bond acceptors (Lipinski definition) is 3. The highest BCUT2D eigenvalue weighted by atomic mass is 19.1. The van der Waals surface area contributed by atoms with E-state index in [2.05, 4.69) is 34.7 Å². The second kappa shape index (κ2) is 8.31. The third kappa shape index (κ3) is 4.71. The number of nitrogens with zero attached hydrogens (tertiary/aromatic N) is 3. The van der Waals surface area contributed by atoms with Gasteiger partial charge in [-0.1, -0.05) is 24.3 Å². The summed E-state index contributed by atoms with van der Waals surface area (Å²) >= 11 is 0. The molecule has 1 aromatic carbocycles. The molecule has 26 heavy (non-hydrogen) atoms. The summed E-state index contributed by atoms with van der Waals surface area (Å²) in [5.74, 6) is 0.118. The molecule has 3 rings (SSSR count). The molecular formula is C21H30FN3O. The van der Waals surface area contributed by atoms with Gasteiger partial charge in [0.1, 0.15) is 5.82 Å². The van der Waals surface area contributed by atoms with Crippen LogP contribution in [-0.4, -0.2) is 73.5 Å². The molecule has 142 valence electrons. The van der Waals surface area contributed by atoms with Gasteiger partial charge in [-0.15, -0.1) is 0 Å². The molecule has 2 aliphatic heterocycles. The standard InChI is InChI=1S/C21H30FN3O/c1-21(10-14-23(2)17-21)20(26)25-13-4-12-24(15-16-25)11-3-5-18-6-8-19(22)9-7-18/h3,5-9H,4,10-17H2,1-2H3. The first-order valence-corrected chi connectivity index (χ1v) is 9.59. The summed E-state index contributed by atoms with van der Waals surface area (Å²) in [5, 5.41) is 0. The Morgan fingerprint density at radius 1 is 1.15 bits per heavy atom.